The monoisotopic (exact) mass is 263 g/mol. The van der Waals surface area contributed by atoms with Crippen LogP contribution in [0.1, 0.15) is 38.7 Å². The average Bonchev–Trinajstić information content (AvgIpc) is 2.26. The van der Waals surface area contributed by atoms with Crippen LogP contribution in [-0.2, 0) is 4.74 Å². The summed E-state index contributed by atoms with van der Waals surface area (Å²) in [6.45, 7) is 7.95. The van der Waals surface area contributed by atoms with Crippen molar-refractivity contribution in [2.75, 3.05) is 6.54 Å². The summed E-state index contributed by atoms with van der Waals surface area (Å²) in [6, 6.07) is 1.85. The van der Waals surface area contributed by atoms with Gasteiger partial charge in [0.15, 0.2) is 5.82 Å². The highest BCUT2D eigenvalue weighted by atomic mass is 16.6. The first-order valence-corrected chi connectivity index (χ1v) is 6.30. The molecule has 0 saturated carbocycles. The maximum atomic E-state index is 11.4. The first-order chi connectivity index (χ1) is 8.87. The Morgan fingerprint density at radius 1 is 1.47 bits per heavy atom. The van der Waals surface area contributed by atoms with E-state index in [2.05, 4.69) is 15.3 Å². The van der Waals surface area contributed by atoms with Gasteiger partial charge in [-0.25, -0.2) is 14.8 Å². The van der Waals surface area contributed by atoms with Crippen LogP contribution < -0.4 is 5.32 Å². The zero-order valence-corrected chi connectivity index (χ0v) is 11.9. The molecule has 5 heteroatoms. The van der Waals surface area contributed by atoms with Crippen LogP contribution in [0.15, 0.2) is 18.3 Å². The molecular formula is C14H21N3O2. The maximum absolute atomic E-state index is 11.4. The molecule has 0 unspecified atom stereocenters. The molecular weight excluding hydrogens is 242 g/mol. The van der Waals surface area contributed by atoms with E-state index in [0.29, 0.717) is 18.8 Å². The minimum Gasteiger partial charge on any atom is -0.444 e. The molecule has 1 heterocycles. The molecule has 1 N–H and O–H groups in total. The topological polar surface area (TPSA) is 64.1 Å². The van der Waals surface area contributed by atoms with Gasteiger partial charge in [0.1, 0.15) is 5.60 Å². The molecule has 1 amide bonds. The third kappa shape index (κ3) is 7.18. The molecule has 0 aliphatic heterocycles. The van der Waals surface area contributed by atoms with Crippen molar-refractivity contribution in [3.8, 4) is 0 Å². The van der Waals surface area contributed by atoms with Crippen LogP contribution in [0, 0.1) is 6.92 Å². The number of aryl methyl sites for hydroxylation is 1. The Balaban J connectivity index is 2.26. The third-order valence-electron chi connectivity index (χ3n) is 2.06. The smallest absolute Gasteiger partial charge is 0.407 e. The van der Waals surface area contributed by atoms with Crippen molar-refractivity contribution in [1.82, 2.24) is 15.3 Å². The summed E-state index contributed by atoms with van der Waals surface area (Å²) in [5, 5.41) is 2.68. The fourth-order valence-electron chi connectivity index (χ4n) is 1.31. The fraction of sp³-hybridized carbons (Fsp3) is 0.500. The van der Waals surface area contributed by atoms with Gasteiger partial charge in [-0.15, -0.1) is 0 Å². The number of hydrogen-bond acceptors (Lipinski definition) is 4. The Morgan fingerprint density at radius 2 is 2.21 bits per heavy atom. The molecule has 1 aromatic heterocycles. The van der Waals surface area contributed by atoms with E-state index in [1.807, 2.05) is 45.9 Å². The van der Waals surface area contributed by atoms with Crippen LogP contribution in [0.4, 0.5) is 4.79 Å². The van der Waals surface area contributed by atoms with Gasteiger partial charge in [-0.3, -0.25) is 0 Å². The largest absolute Gasteiger partial charge is 0.444 e. The van der Waals surface area contributed by atoms with Crippen molar-refractivity contribution in [2.45, 2.75) is 39.7 Å². The molecule has 0 fully saturated rings. The summed E-state index contributed by atoms with van der Waals surface area (Å²) in [7, 11) is 0. The lowest BCUT2D eigenvalue weighted by atomic mass is 10.2. The summed E-state index contributed by atoms with van der Waals surface area (Å²) < 4.78 is 5.12. The van der Waals surface area contributed by atoms with Crippen LogP contribution >= 0.6 is 0 Å². The Kier molecular flexibility index (Phi) is 5.48. The number of rotatable bonds is 4. The summed E-state index contributed by atoms with van der Waals surface area (Å²) in [5.41, 5.74) is 0.469. The molecule has 5 nitrogen and oxygen atoms in total. The number of carbonyl (C=O) groups is 1. The Morgan fingerprint density at radius 3 is 2.84 bits per heavy atom. The Hall–Kier alpha value is -1.91. The molecule has 0 atom stereocenters. The zero-order chi connectivity index (χ0) is 14.3. The molecule has 0 aliphatic carbocycles. The lowest BCUT2D eigenvalue weighted by molar-refractivity contribution is 0.0529. The standard InChI is InChI=1S/C14H21N3O2/c1-11-8-10-15-12(17-11)7-5-6-9-16-13(18)19-14(2,3)4/h5,7-8,10H,6,9H2,1-4H3,(H,16,18). The van der Waals surface area contributed by atoms with Gasteiger partial charge >= 0.3 is 6.09 Å². The summed E-state index contributed by atoms with van der Waals surface area (Å²) in [4.78, 5) is 19.7. The lowest BCUT2D eigenvalue weighted by Crippen LogP contribution is -2.32. The Labute approximate surface area is 114 Å². The van der Waals surface area contributed by atoms with E-state index < -0.39 is 11.7 Å². The zero-order valence-electron chi connectivity index (χ0n) is 11.9. The van der Waals surface area contributed by atoms with E-state index in [1.54, 1.807) is 6.20 Å². The van der Waals surface area contributed by atoms with Crippen molar-refractivity contribution in [2.24, 2.45) is 0 Å². The van der Waals surface area contributed by atoms with Gasteiger partial charge in [-0.05, 0) is 46.3 Å². The van der Waals surface area contributed by atoms with E-state index in [9.17, 15) is 4.79 Å². The minimum absolute atomic E-state index is 0.396. The van der Waals surface area contributed by atoms with Gasteiger partial charge in [0, 0.05) is 18.4 Å². The molecule has 0 aromatic carbocycles. The highest BCUT2D eigenvalue weighted by Gasteiger charge is 2.15. The van der Waals surface area contributed by atoms with Crippen LogP contribution in [-0.4, -0.2) is 28.2 Å². The second kappa shape index (κ2) is 6.87. The number of nitrogens with one attached hydrogen (secondary N) is 1. The highest BCUT2D eigenvalue weighted by Crippen LogP contribution is 2.06. The molecule has 1 aromatic rings. The molecule has 19 heavy (non-hydrogen) atoms. The van der Waals surface area contributed by atoms with Gasteiger partial charge in [0.05, 0.1) is 0 Å². The predicted molar refractivity (Wildman–Crippen MR) is 74.7 cm³/mol. The molecule has 0 radical (unpaired) electrons. The minimum atomic E-state index is -0.463. The summed E-state index contributed by atoms with van der Waals surface area (Å²) >= 11 is 0. The number of aromatic nitrogens is 2. The van der Waals surface area contributed by atoms with Crippen molar-refractivity contribution in [1.29, 1.82) is 0 Å². The van der Waals surface area contributed by atoms with Crippen LogP contribution in [0.5, 0.6) is 0 Å². The van der Waals surface area contributed by atoms with Gasteiger partial charge < -0.3 is 10.1 Å². The summed E-state index contributed by atoms with van der Waals surface area (Å²) in [6.07, 6.45) is 5.79. The van der Waals surface area contributed by atoms with Gasteiger partial charge in [0.25, 0.3) is 0 Å². The maximum Gasteiger partial charge on any atom is 0.407 e. The molecule has 0 spiro atoms. The normalized spacial score (nSPS) is 11.6. The van der Waals surface area contributed by atoms with Crippen molar-refractivity contribution in [3.05, 3.63) is 29.9 Å². The number of alkyl carbamates (subject to hydrolysis) is 1. The molecule has 0 aliphatic rings. The number of ether oxygens (including phenoxy) is 1. The van der Waals surface area contributed by atoms with Gasteiger partial charge in [0.2, 0.25) is 0 Å². The van der Waals surface area contributed by atoms with Crippen molar-refractivity contribution >= 4 is 12.2 Å². The van der Waals surface area contributed by atoms with Crippen LogP contribution in [0.25, 0.3) is 6.08 Å². The number of carbonyl (C=O) groups excluding carboxylic acids is 1. The number of nitrogens with zero attached hydrogens (tertiary/aromatic N) is 2. The van der Waals surface area contributed by atoms with Crippen molar-refractivity contribution < 1.29 is 9.53 Å². The van der Waals surface area contributed by atoms with E-state index in [4.69, 9.17) is 4.74 Å². The molecule has 0 bridgehead atoms. The number of hydrogen-bond donors (Lipinski definition) is 1. The summed E-state index contributed by atoms with van der Waals surface area (Å²) in [5.74, 6) is 0.678. The van der Waals surface area contributed by atoms with Crippen LogP contribution in [0.2, 0.25) is 0 Å². The quantitative estimate of drug-likeness (QED) is 0.848. The van der Waals surface area contributed by atoms with E-state index in [-0.39, 0.29) is 0 Å². The second-order valence-electron chi connectivity index (χ2n) is 5.18. The average molecular weight is 263 g/mol. The first kappa shape index (κ1) is 15.1. The van der Waals surface area contributed by atoms with E-state index in [0.717, 1.165) is 5.69 Å². The lowest BCUT2D eigenvalue weighted by Gasteiger charge is -2.19. The fourth-order valence-corrected chi connectivity index (χ4v) is 1.31. The number of amides is 1. The van der Waals surface area contributed by atoms with E-state index in [1.165, 1.54) is 0 Å². The third-order valence-corrected chi connectivity index (χ3v) is 2.06. The Bertz CT molecular complexity index is 450. The first-order valence-electron chi connectivity index (χ1n) is 6.30. The van der Waals surface area contributed by atoms with Gasteiger partial charge in [-0.2, -0.15) is 0 Å². The van der Waals surface area contributed by atoms with Gasteiger partial charge in [-0.1, -0.05) is 6.08 Å². The van der Waals surface area contributed by atoms with Crippen molar-refractivity contribution in [3.63, 3.8) is 0 Å². The van der Waals surface area contributed by atoms with Crippen LogP contribution in [0.3, 0.4) is 0 Å². The molecule has 104 valence electrons. The SMILES string of the molecule is Cc1ccnc(C=CCCNC(=O)OC(C)(C)C)n1. The highest BCUT2D eigenvalue weighted by molar-refractivity contribution is 5.67. The predicted octanol–water partition coefficient (Wildman–Crippen LogP) is 2.71. The molecule has 0 saturated heterocycles. The second-order valence-corrected chi connectivity index (χ2v) is 5.18. The van der Waals surface area contributed by atoms with E-state index >= 15 is 0 Å². The molecule has 1 rings (SSSR count).